The van der Waals surface area contributed by atoms with Crippen LogP contribution >= 0.6 is 24.0 Å². The van der Waals surface area contributed by atoms with E-state index in [1.807, 2.05) is 0 Å². The van der Waals surface area contributed by atoms with Crippen molar-refractivity contribution in [1.29, 1.82) is 0 Å². The third-order valence-electron chi connectivity index (χ3n) is 3.97. The smallest absolute Gasteiger partial charge is 0.266 e. The van der Waals surface area contributed by atoms with Gasteiger partial charge in [0.05, 0.1) is 9.80 Å². The minimum Gasteiger partial charge on any atom is -0.457 e. The number of methoxy groups -OCH3 is 1. The quantitative estimate of drug-likeness (QED) is 0.403. The molecule has 1 aromatic carbocycles. The molecule has 1 aromatic heterocycles. The number of sulfonamides is 1. The highest BCUT2D eigenvalue weighted by Crippen LogP contribution is 2.33. The average molecular weight is 439 g/mol. The molecule has 0 saturated carbocycles. The summed E-state index contributed by atoms with van der Waals surface area (Å²) in [5.41, 5.74) is 0.694. The molecule has 10 heteroatoms. The third-order valence-corrected chi connectivity index (χ3v) is 6.28. The van der Waals surface area contributed by atoms with Crippen molar-refractivity contribution in [2.24, 2.45) is 5.14 Å². The Kier molecular flexibility index (Phi) is 6.36. The number of nitrogens with two attached hydrogens (primary N) is 1. The Labute approximate surface area is 172 Å². The summed E-state index contributed by atoms with van der Waals surface area (Å²) in [5, 5.41) is 5.10. The van der Waals surface area contributed by atoms with Crippen LogP contribution in [0.15, 0.2) is 50.6 Å². The highest BCUT2D eigenvalue weighted by Gasteiger charge is 2.31. The zero-order valence-electron chi connectivity index (χ0n) is 15.0. The van der Waals surface area contributed by atoms with E-state index in [9.17, 15) is 13.2 Å². The molecule has 0 atom stereocenters. The fourth-order valence-electron chi connectivity index (χ4n) is 2.58. The monoisotopic (exact) mass is 438 g/mol. The van der Waals surface area contributed by atoms with Gasteiger partial charge in [-0.05, 0) is 42.8 Å². The largest absolute Gasteiger partial charge is 0.457 e. The number of carbonyl (C=O) groups excluding carboxylic acids is 1. The van der Waals surface area contributed by atoms with Gasteiger partial charge in [-0.3, -0.25) is 9.69 Å². The first-order valence-electron chi connectivity index (χ1n) is 8.27. The van der Waals surface area contributed by atoms with Gasteiger partial charge in [0, 0.05) is 31.9 Å². The van der Waals surface area contributed by atoms with E-state index >= 15 is 0 Å². The fraction of sp³-hybridized carbons (Fsp3) is 0.222. The standard InChI is InChI=1S/C18H18N2O5S3/c1-24-10-2-9-20-17(21)16(27-18(20)26)11-13-5-8-15(25-13)12-3-6-14(7-4-12)28(19,22)23/h3-8,11H,2,9-10H2,1H3,(H2,19,22,23). The Morgan fingerprint density at radius 1 is 1.25 bits per heavy atom. The number of benzene rings is 1. The van der Waals surface area contributed by atoms with Gasteiger partial charge in [0.2, 0.25) is 10.0 Å². The zero-order chi connectivity index (χ0) is 20.3. The maximum Gasteiger partial charge on any atom is 0.266 e. The highest BCUT2D eigenvalue weighted by molar-refractivity contribution is 8.26. The van der Waals surface area contributed by atoms with Gasteiger partial charge >= 0.3 is 0 Å². The number of thiocarbonyl (C=S) groups is 1. The van der Waals surface area contributed by atoms with Gasteiger partial charge in [0.25, 0.3) is 5.91 Å². The lowest BCUT2D eigenvalue weighted by molar-refractivity contribution is -0.122. The first kappa shape index (κ1) is 20.7. The van der Waals surface area contributed by atoms with Crippen molar-refractivity contribution in [1.82, 2.24) is 4.90 Å². The second-order valence-electron chi connectivity index (χ2n) is 5.95. The summed E-state index contributed by atoms with van der Waals surface area (Å²) in [6.45, 7) is 1.07. The number of hydrogen-bond acceptors (Lipinski definition) is 7. The Balaban J connectivity index is 1.75. The van der Waals surface area contributed by atoms with Crippen LogP contribution in [0.1, 0.15) is 12.2 Å². The Morgan fingerprint density at radius 3 is 2.61 bits per heavy atom. The predicted octanol–water partition coefficient (Wildman–Crippen LogP) is 2.83. The predicted molar refractivity (Wildman–Crippen MR) is 112 cm³/mol. The average Bonchev–Trinajstić information content (AvgIpc) is 3.21. The summed E-state index contributed by atoms with van der Waals surface area (Å²) < 4.78 is 34.0. The van der Waals surface area contributed by atoms with Gasteiger partial charge in [0.1, 0.15) is 15.8 Å². The number of thioether (sulfide) groups is 1. The van der Waals surface area contributed by atoms with Crippen LogP contribution in [-0.2, 0) is 19.6 Å². The van der Waals surface area contributed by atoms with Crippen molar-refractivity contribution < 1.29 is 22.4 Å². The lowest BCUT2D eigenvalue weighted by Crippen LogP contribution is -2.29. The normalized spacial score (nSPS) is 16.4. The van der Waals surface area contributed by atoms with Crippen molar-refractivity contribution in [2.75, 3.05) is 20.3 Å². The van der Waals surface area contributed by atoms with Gasteiger partial charge < -0.3 is 9.15 Å². The summed E-state index contributed by atoms with van der Waals surface area (Å²) in [6, 6.07) is 9.53. The molecule has 2 heterocycles. The molecule has 3 rings (SSSR count). The molecule has 148 valence electrons. The van der Waals surface area contributed by atoms with Crippen molar-refractivity contribution in [3.8, 4) is 11.3 Å². The second kappa shape index (κ2) is 8.58. The van der Waals surface area contributed by atoms with Gasteiger partial charge in [-0.25, -0.2) is 13.6 Å². The third kappa shape index (κ3) is 4.70. The van der Waals surface area contributed by atoms with E-state index in [1.54, 1.807) is 42.4 Å². The Bertz CT molecular complexity index is 1030. The van der Waals surface area contributed by atoms with Gasteiger partial charge in [-0.1, -0.05) is 24.0 Å². The van der Waals surface area contributed by atoms with E-state index in [-0.39, 0.29) is 10.8 Å². The molecule has 0 spiro atoms. The van der Waals surface area contributed by atoms with Crippen LogP contribution in [-0.4, -0.2) is 43.8 Å². The number of ether oxygens (including phenoxy) is 1. The van der Waals surface area contributed by atoms with Crippen LogP contribution in [0.2, 0.25) is 0 Å². The van der Waals surface area contributed by atoms with E-state index in [4.69, 9.17) is 26.5 Å². The highest BCUT2D eigenvalue weighted by atomic mass is 32.2. The van der Waals surface area contributed by atoms with Crippen LogP contribution in [0.25, 0.3) is 17.4 Å². The van der Waals surface area contributed by atoms with Crippen LogP contribution in [0.4, 0.5) is 0 Å². The van der Waals surface area contributed by atoms with Crippen molar-refractivity contribution in [2.45, 2.75) is 11.3 Å². The van der Waals surface area contributed by atoms with Gasteiger partial charge in [-0.2, -0.15) is 0 Å². The summed E-state index contributed by atoms with van der Waals surface area (Å²) in [7, 11) is -2.13. The molecule has 1 aliphatic heterocycles. The molecule has 0 bridgehead atoms. The minimum atomic E-state index is -3.74. The fourth-order valence-corrected chi connectivity index (χ4v) is 4.39. The lowest BCUT2D eigenvalue weighted by atomic mass is 10.2. The van der Waals surface area contributed by atoms with Gasteiger partial charge in [0.15, 0.2) is 0 Å². The SMILES string of the molecule is COCCCN1C(=O)C(=Cc2ccc(-c3ccc(S(N)(=O)=O)cc3)o2)SC1=S. The van der Waals surface area contributed by atoms with E-state index in [0.717, 1.165) is 0 Å². The van der Waals surface area contributed by atoms with Crippen molar-refractivity contribution in [3.05, 3.63) is 47.1 Å². The number of primary sulfonamides is 1. The molecular weight excluding hydrogens is 420 g/mol. The maximum absolute atomic E-state index is 12.5. The molecular formula is C18H18N2O5S3. The Hall–Kier alpha value is -1.98. The lowest BCUT2D eigenvalue weighted by Gasteiger charge is -2.13. The molecule has 1 fully saturated rings. The molecule has 7 nitrogen and oxygen atoms in total. The molecule has 0 radical (unpaired) electrons. The summed E-state index contributed by atoms with van der Waals surface area (Å²) >= 11 is 6.51. The number of furan rings is 1. The van der Waals surface area contributed by atoms with Crippen LogP contribution in [0.5, 0.6) is 0 Å². The van der Waals surface area contributed by atoms with E-state index < -0.39 is 10.0 Å². The van der Waals surface area contributed by atoms with Crippen LogP contribution < -0.4 is 5.14 Å². The topological polar surface area (TPSA) is 103 Å². The summed E-state index contributed by atoms with van der Waals surface area (Å²) in [6.07, 6.45) is 2.35. The summed E-state index contributed by atoms with van der Waals surface area (Å²) in [5.74, 6) is 0.896. The van der Waals surface area contributed by atoms with Crippen LogP contribution in [0, 0.1) is 0 Å². The van der Waals surface area contributed by atoms with E-state index in [2.05, 4.69) is 0 Å². The number of amides is 1. The first-order chi connectivity index (χ1) is 13.3. The number of nitrogens with zero attached hydrogens (tertiary/aromatic N) is 1. The number of rotatable bonds is 7. The summed E-state index contributed by atoms with van der Waals surface area (Å²) in [4.78, 5) is 14.6. The molecule has 28 heavy (non-hydrogen) atoms. The minimum absolute atomic E-state index is 0.0279. The molecule has 2 aromatic rings. The first-order valence-corrected chi connectivity index (χ1v) is 11.0. The van der Waals surface area contributed by atoms with E-state index in [0.29, 0.717) is 45.9 Å². The molecule has 1 amide bonds. The molecule has 2 N–H and O–H groups in total. The van der Waals surface area contributed by atoms with Gasteiger partial charge in [-0.15, -0.1) is 0 Å². The molecule has 0 aliphatic carbocycles. The zero-order valence-corrected chi connectivity index (χ0v) is 17.4. The van der Waals surface area contributed by atoms with Crippen molar-refractivity contribution >= 4 is 50.3 Å². The van der Waals surface area contributed by atoms with Crippen LogP contribution in [0.3, 0.4) is 0 Å². The molecule has 1 aliphatic rings. The molecule has 0 unspecified atom stereocenters. The second-order valence-corrected chi connectivity index (χ2v) is 9.19. The molecule has 1 saturated heterocycles. The Morgan fingerprint density at radius 2 is 1.96 bits per heavy atom. The van der Waals surface area contributed by atoms with Crippen molar-refractivity contribution in [3.63, 3.8) is 0 Å². The number of hydrogen-bond donors (Lipinski definition) is 1. The van der Waals surface area contributed by atoms with E-state index in [1.165, 1.54) is 23.9 Å². The maximum atomic E-state index is 12.5. The number of carbonyl (C=O) groups is 1.